The zero-order valence-corrected chi connectivity index (χ0v) is 11.3. The lowest BCUT2D eigenvalue weighted by Crippen LogP contribution is -2.14. The van der Waals surface area contributed by atoms with Crippen LogP contribution in [0.2, 0.25) is 0 Å². The van der Waals surface area contributed by atoms with E-state index in [1.807, 2.05) is 0 Å². The minimum absolute atomic E-state index is 0.0990. The molecular weight excluding hydrogens is 248 g/mol. The van der Waals surface area contributed by atoms with Crippen molar-refractivity contribution in [3.8, 4) is 0 Å². The van der Waals surface area contributed by atoms with Crippen molar-refractivity contribution in [2.24, 2.45) is 0 Å². The van der Waals surface area contributed by atoms with E-state index in [9.17, 15) is 9.59 Å². The van der Waals surface area contributed by atoms with Gasteiger partial charge in [0.2, 0.25) is 0 Å². The van der Waals surface area contributed by atoms with Crippen LogP contribution in [0.4, 0.5) is 0 Å². The molecule has 1 fully saturated rings. The number of ether oxygens (including phenoxy) is 1. The molecule has 1 heterocycles. The van der Waals surface area contributed by atoms with Crippen LogP contribution in [0.25, 0.3) is 0 Å². The largest absolute Gasteiger partial charge is 0.481 e. The normalized spacial score (nSPS) is 22.5. The zero-order chi connectivity index (χ0) is 14.1. The molecule has 5 nitrogen and oxygen atoms in total. The molecule has 1 saturated heterocycles. The molecule has 0 aromatic rings. The van der Waals surface area contributed by atoms with E-state index >= 15 is 0 Å². The SMILES string of the molecule is O=C(O)CCCCCCCC1CCC(CC(=O)O)O1. The Labute approximate surface area is 114 Å². The van der Waals surface area contributed by atoms with Gasteiger partial charge in [-0.3, -0.25) is 9.59 Å². The van der Waals surface area contributed by atoms with Crippen molar-refractivity contribution in [3.05, 3.63) is 0 Å². The van der Waals surface area contributed by atoms with Crippen LogP contribution in [0.15, 0.2) is 0 Å². The number of carbonyl (C=O) groups is 2. The molecule has 0 aromatic carbocycles. The summed E-state index contributed by atoms with van der Waals surface area (Å²) in [4.78, 5) is 20.9. The van der Waals surface area contributed by atoms with Gasteiger partial charge >= 0.3 is 11.9 Å². The molecule has 1 aliphatic rings. The smallest absolute Gasteiger partial charge is 0.305 e. The lowest BCUT2D eigenvalue weighted by atomic mass is 10.0. The van der Waals surface area contributed by atoms with Gasteiger partial charge in [0.1, 0.15) is 0 Å². The number of hydrogen-bond donors (Lipinski definition) is 2. The van der Waals surface area contributed by atoms with E-state index in [4.69, 9.17) is 14.9 Å². The highest BCUT2D eigenvalue weighted by molar-refractivity contribution is 5.67. The number of aliphatic carboxylic acids is 2. The zero-order valence-electron chi connectivity index (χ0n) is 11.3. The third-order valence-corrected chi connectivity index (χ3v) is 3.51. The molecule has 0 saturated carbocycles. The molecule has 1 aliphatic heterocycles. The van der Waals surface area contributed by atoms with Gasteiger partial charge in [-0.1, -0.05) is 25.7 Å². The van der Waals surface area contributed by atoms with Crippen LogP contribution in [0.3, 0.4) is 0 Å². The van der Waals surface area contributed by atoms with Crippen LogP contribution < -0.4 is 0 Å². The molecular formula is C14H24O5. The molecule has 0 radical (unpaired) electrons. The molecule has 0 bridgehead atoms. The Hall–Kier alpha value is -1.10. The van der Waals surface area contributed by atoms with E-state index in [-0.39, 0.29) is 25.0 Å². The lowest BCUT2D eigenvalue weighted by molar-refractivity contribution is -0.140. The summed E-state index contributed by atoms with van der Waals surface area (Å²) in [6, 6.07) is 0. The topological polar surface area (TPSA) is 83.8 Å². The van der Waals surface area contributed by atoms with Crippen molar-refractivity contribution in [3.63, 3.8) is 0 Å². The summed E-state index contributed by atoms with van der Waals surface area (Å²) in [6.07, 6.45) is 8.31. The van der Waals surface area contributed by atoms with Crippen molar-refractivity contribution in [2.45, 2.75) is 76.4 Å². The first-order chi connectivity index (χ1) is 9.08. The Morgan fingerprint density at radius 2 is 1.53 bits per heavy atom. The van der Waals surface area contributed by atoms with E-state index in [0.717, 1.165) is 51.4 Å². The number of carboxylic acids is 2. The van der Waals surface area contributed by atoms with Gasteiger partial charge in [-0.05, 0) is 25.7 Å². The van der Waals surface area contributed by atoms with Crippen molar-refractivity contribution in [1.29, 1.82) is 0 Å². The Morgan fingerprint density at radius 1 is 0.895 bits per heavy atom. The maximum atomic E-state index is 10.5. The second-order valence-corrected chi connectivity index (χ2v) is 5.26. The molecule has 19 heavy (non-hydrogen) atoms. The van der Waals surface area contributed by atoms with Gasteiger partial charge in [-0.15, -0.1) is 0 Å². The third kappa shape index (κ3) is 7.82. The third-order valence-electron chi connectivity index (χ3n) is 3.51. The number of hydrogen-bond acceptors (Lipinski definition) is 3. The van der Waals surface area contributed by atoms with Gasteiger partial charge < -0.3 is 14.9 Å². The van der Waals surface area contributed by atoms with E-state index in [0.29, 0.717) is 0 Å². The van der Waals surface area contributed by atoms with E-state index in [1.54, 1.807) is 0 Å². The Kier molecular flexibility index (Phi) is 7.48. The van der Waals surface area contributed by atoms with Crippen molar-refractivity contribution >= 4 is 11.9 Å². The number of carboxylic acid groups (broad SMARTS) is 2. The fraction of sp³-hybridized carbons (Fsp3) is 0.857. The summed E-state index contributed by atoms with van der Waals surface area (Å²) in [5, 5.41) is 17.2. The van der Waals surface area contributed by atoms with Gasteiger partial charge in [0, 0.05) is 6.42 Å². The van der Waals surface area contributed by atoms with Crippen molar-refractivity contribution < 1.29 is 24.5 Å². The van der Waals surface area contributed by atoms with Crippen LogP contribution in [0.1, 0.15) is 64.2 Å². The molecule has 2 N–H and O–H groups in total. The van der Waals surface area contributed by atoms with Gasteiger partial charge in [-0.2, -0.15) is 0 Å². The summed E-state index contributed by atoms with van der Waals surface area (Å²) in [5.74, 6) is -1.51. The fourth-order valence-corrected chi connectivity index (χ4v) is 2.52. The van der Waals surface area contributed by atoms with Crippen LogP contribution in [0.5, 0.6) is 0 Å². The minimum Gasteiger partial charge on any atom is -0.481 e. The van der Waals surface area contributed by atoms with Gasteiger partial charge in [-0.25, -0.2) is 0 Å². The second kappa shape index (κ2) is 8.91. The highest BCUT2D eigenvalue weighted by atomic mass is 16.5. The number of rotatable bonds is 10. The van der Waals surface area contributed by atoms with Gasteiger partial charge in [0.15, 0.2) is 0 Å². The van der Waals surface area contributed by atoms with E-state index < -0.39 is 11.9 Å². The predicted molar refractivity (Wildman–Crippen MR) is 70.1 cm³/mol. The first-order valence-corrected chi connectivity index (χ1v) is 7.17. The van der Waals surface area contributed by atoms with Crippen LogP contribution >= 0.6 is 0 Å². The summed E-state index contributed by atoms with van der Waals surface area (Å²) in [6.45, 7) is 0. The van der Waals surface area contributed by atoms with E-state index in [1.165, 1.54) is 0 Å². The highest BCUT2D eigenvalue weighted by Crippen LogP contribution is 2.25. The molecule has 5 heteroatoms. The Balaban J connectivity index is 1.93. The highest BCUT2D eigenvalue weighted by Gasteiger charge is 2.26. The van der Waals surface area contributed by atoms with E-state index in [2.05, 4.69) is 0 Å². The van der Waals surface area contributed by atoms with Gasteiger partial charge in [0.25, 0.3) is 0 Å². The van der Waals surface area contributed by atoms with Crippen LogP contribution in [-0.2, 0) is 14.3 Å². The number of unbranched alkanes of at least 4 members (excludes halogenated alkanes) is 4. The van der Waals surface area contributed by atoms with Crippen molar-refractivity contribution in [2.75, 3.05) is 0 Å². The molecule has 0 spiro atoms. The first kappa shape index (κ1) is 16.0. The standard InChI is InChI=1S/C14H24O5/c15-13(16)7-5-3-1-2-4-6-11-8-9-12(19-11)10-14(17)18/h11-12H,1-10H2,(H,15,16)(H,17,18). The molecule has 2 atom stereocenters. The monoisotopic (exact) mass is 272 g/mol. The Morgan fingerprint density at radius 3 is 2.21 bits per heavy atom. The van der Waals surface area contributed by atoms with Crippen LogP contribution in [0, 0.1) is 0 Å². The average molecular weight is 272 g/mol. The second-order valence-electron chi connectivity index (χ2n) is 5.26. The molecule has 0 aromatic heterocycles. The first-order valence-electron chi connectivity index (χ1n) is 7.17. The maximum absolute atomic E-state index is 10.5. The molecule has 1 rings (SSSR count). The lowest BCUT2D eigenvalue weighted by Gasteiger charge is -2.12. The minimum atomic E-state index is -0.788. The van der Waals surface area contributed by atoms with Gasteiger partial charge in [0.05, 0.1) is 18.6 Å². The molecule has 0 aliphatic carbocycles. The fourth-order valence-electron chi connectivity index (χ4n) is 2.52. The summed E-state index contributed by atoms with van der Waals surface area (Å²) in [7, 11) is 0. The summed E-state index contributed by atoms with van der Waals surface area (Å²) >= 11 is 0. The average Bonchev–Trinajstić information content (AvgIpc) is 2.74. The summed E-state index contributed by atoms with van der Waals surface area (Å²) in [5.41, 5.74) is 0. The summed E-state index contributed by atoms with van der Waals surface area (Å²) < 4.78 is 5.67. The molecule has 110 valence electrons. The molecule has 0 amide bonds. The maximum Gasteiger partial charge on any atom is 0.305 e. The van der Waals surface area contributed by atoms with Crippen molar-refractivity contribution in [1.82, 2.24) is 0 Å². The predicted octanol–water partition coefficient (Wildman–Crippen LogP) is 2.82. The molecule has 2 unspecified atom stereocenters. The van der Waals surface area contributed by atoms with Crippen LogP contribution in [-0.4, -0.2) is 34.4 Å². The Bertz CT molecular complexity index is 290. The quantitative estimate of drug-likeness (QED) is 0.597.